The minimum atomic E-state index is -0.233. The summed E-state index contributed by atoms with van der Waals surface area (Å²) in [6.45, 7) is 4.98. The van der Waals surface area contributed by atoms with Gasteiger partial charge in [0.15, 0.2) is 0 Å². The summed E-state index contributed by atoms with van der Waals surface area (Å²) < 4.78 is 13.9. The maximum Gasteiger partial charge on any atom is 0.146 e. The predicted molar refractivity (Wildman–Crippen MR) is 80.1 cm³/mol. The molecule has 3 heteroatoms. The number of rotatable bonds is 6. The summed E-state index contributed by atoms with van der Waals surface area (Å²) in [5, 5.41) is 3.36. The lowest BCUT2D eigenvalue weighted by atomic mass is 9.97. The second-order valence-corrected chi connectivity index (χ2v) is 4.97. The fourth-order valence-electron chi connectivity index (χ4n) is 2.47. The van der Waals surface area contributed by atoms with E-state index in [2.05, 4.69) is 35.4 Å². The molecule has 0 bridgehead atoms. The second kappa shape index (κ2) is 7.15. The number of hydrogen-bond acceptors (Lipinski definition) is 2. The lowest BCUT2D eigenvalue weighted by Crippen LogP contribution is -2.22. The van der Waals surface area contributed by atoms with E-state index in [0.29, 0.717) is 5.56 Å². The SMILES string of the molecule is CCNC(CCc1ccccc1C)c1ccncc1F. The summed E-state index contributed by atoms with van der Waals surface area (Å²) in [5.74, 6) is -0.233. The van der Waals surface area contributed by atoms with Crippen molar-refractivity contribution in [2.75, 3.05) is 6.54 Å². The predicted octanol–water partition coefficient (Wildman–Crippen LogP) is 3.81. The first-order chi connectivity index (χ1) is 9.72. The summed E-state index contributed by atoms with van der Waals surface area (Å²) in [4.78, 5) is 3.82. The van der Waals surface area contributed by atoms with Gasteiger partial charge >= 0.3 is 0 Å². The van der Waals surface area contributed by atoms with Gasteiger partial charge in [0.2, 0.25) is 0 Å². The molecule has 0 amide bonds. The maximum absolute atomic E-state index is 13.9. The number of aryl methyl sites for hydroxylation is 2. The molecule has 0 aliphatic carbocycles. The average molecular weight is 272 g/mol. The highest BCUT2D eigenvalue weighted by molar-refractivity contribution is 5.26. The molecule has 1 unspecified atom stereocenters. The van der Waals surface area contributed by atoms with Gasteiger partial charge in [-0.2, -0.15) is 0 Å². The standard InChI is InChI=1S/C17H21FN2/c1-3-20-17(15-10-11-19-12-16(15)18)9-8-14-7-5-4-6-13(14)2/h4-7,10-12,17,20H,3,8-9H2,1-2H3. The van der Waals surface area contributed by atoms with Crippen molar-refractivity contribution in [3.63, 3.8) is 0 Å². The molecule has 20 heavy (non-hydrogen) atoms. The molecule has 0 saturated heterocycles. The second-order valence-electron chi connectivity index (χ2n) is 4.97. The van der Waals surface area contributed by atoms with Gasteiger partial charge in [0, 0.05) is 17.8 Å². The van der Waals surface area contributed by atoms with Crippen molar-refractivity contribution in [1.82, 2.24) is 10.3 Å². The first-order valence-electron chi connectivity index (χ1n) is 7.09. The zero-order chi connectivity index (χ0) is 14.4. The molecule has 2 aromatic rings. The van der Waals surface area contributed by atoms with Crippen LogP contribution in [0.15, 0.2) is 42.7 Å². The zero-order valence-corrected chi connectivity index (χ0v) is 12.1. The Bertz CT molecular complexity index is 554. The van der Waals surface area contributed by atoms with Gasteiger partial charge in [-0.25, -0.2) is 4.39 Å². The van der Waals surface area contributed by atoms with Crippen LogP contribution in [0.2, 0.25) is 0 Å². The minimum absolute atomic E-state index is 0.0302. The van der Waals surface area contributed by atoms with Crippen molar-refractivity contribution in [3.05, 3.63) is 65.2 Å². The summed E-state index contributed by atoms with van der Waals surface area (Å²) in [7, 11) is 0. The summed E-state index contributed by atoms with van der Waals surface area (Å²) in [6, 6.07) is 10.1. The van der Waals surface area contributed by atoms with Gasteiger partial charge in [-0.1, -0.05) is 31.2 Å². The molecular formula is C17H21FN2. The fraction of sp³-hybridized carbons (Fsp3) is 0.353. The molecule has 0 saturated carbocycles. The molecule has 1 N–H and O–H groups in total. The first kappa shape index (κ1) is 14.7. The van der Waals surface area contributed by atoms with Crippen LogP contribution in [0.25, 0.3) is 0 Å². The lowest BCUT2D eigenvalue weighted by Gasteiger charge is -2.19. The molecule has 1 atom stereocenters. The van der Waals surface area contributed by atoms with E-state index >= 15 is 0 Å². The molecule has 1 aromatic carbocycles. The summed E-state index contributed by atoms with van der Waals surface area (Å²) in [5.41, 5.74) is 3.32. The van der Waals surface area contributed by atoms with Gasteiger partial charge in [0.05, 0.1) is 6.20 Å². The third-order valence-corrected chi connectivity index (χ3v) is 3.59. The van der Waals surface area contributed by atoms with Crippen molar-refractivity contribution in [2.45, 2.75) is 32.7 Å². The van der Waals surface area contributed by atoms with E-state index in [-0.39, 0.29) is 11.9 Å². The average Bonchev–Trinajstić information content (AvgIpc) is 2.46. The van der Waals surface area contributed by atoms with Crippen LogP contribution in [-0.4, -0.2) is 11.5 Å². The summed E-state index contributed by atoms with van der Waals surface area (Å²) >= 11 is 0. The van der Waals surface area contributed by atoms with E-state index in [1.165, 1.54) is 17.3 Å². The zero-order valence-electron chi connectivity index (χ0n) is 12.1. The Morgan fingerprint density at radius 3 is 2.75 bits per heavy atom. The van der Waals surface area contributed by atoms with Gasteiger partial charge in [0.25, 0.3) is 0 Å². The van der Waals surface area contributed by atoms with E-state index in [1.807, 2.05) is 13.0 Å². The van der Waals surface area contributed by atoms with E-state index in [4.69, 9.17) is 0 Å². The number of pyridine rings is 1. The Labute approximate surface area is 120 Å². The Hall–Kier alpha value is -1.74. The Morgan fingerprint density at radius 2 is 2.05 bits per heavy atom. The van der Waals surface area contributed by atoms with Crippen LogP contribution in [0.4, 0.5) is 4.39 Å². The number of aromatic nitrogens is 1. The van der Waals surface area contributed by atoms with E-state index < -0.39 is 0 Å². The molecule has 0 fully saturated rings. The van der Waals surface area contributed by atoms with Crippen molar-refractivity contribution in [1.29, 1.82) is 0 Å². The van der Waals surface area contributed by atoms with Crippen molar-refractivity contribution >= 4 is 0 Å². The third-order valence-electron chi connectivity index (χ3n) is 3.59. The molecule has 0 aliphatic heterocycles. The van der Waals surface area contributed by atoms with Gasteiger partial charge < -0.3 is 5.32 Å². The number of halogens is 1. The molecule has 106 valence electrons. The van der Waals surface area contributed by atoms with Crippen molar-refractivity contribution in [3.8, 4) is 0 Å². The monoisotopic (exact) mass is 272 g/mol. The first-order valence-corrected chi connectivity index (χ1v) is 7.09. The fourth-order valence-corrected chi connectivity index (χ4v) is 2.47. The molecule has 1 aromatic heterocycles. The number of benzene rings is 1. The Balaban J connectivity index is 2.11. The molecule has 1 heterocycles. The van der Waals surface area contributed by atoms with Crippen molar-refractivity contribution in [2.24, 2.45) is 0 Å². The highest BCUT2D eigenvalue weighted by Gasteiger charge is 2.15. The van der Waals surface area contributed by atoms with Crippen LogP contribution in [0.1, 0.15) is 36.1 Å². The normalized spacial score (nSPS) is 12.3. The molecule has 0 radical (unpaired) electrons. The van der Waals surface area contributed by atoms with E-state index in [0.717, 1.165) is 19.4 Å². The highest BCUT2D eigenvalue weighted by Crippen LogP contribution is 2.22. The smallest absolute Gasteiger partial charge is 0.146 e. The number of nitrogens with zero attached hydrogens (tertiary/aromatic N) is 1. The van der Waals surface area contributed by atoms with Crippen molar-refractivity contribution < 1.29 is 4.39 Å². The molecule has 0 aliphatic rings. The van der Waals surface area contributed by atoms with Crippen LogP contribution in [0.3, 0.4) is 0 Å². The van der Waals surface area contributed by atoms with Crippen LogP contribution >= 0.6 is 0 Å². The van der Waals surface area contributed by atoms with Crippen LogP contribution in [0.5, 0.6) is 0 Å². The van der Waals surface area contributed by atoms with Crippen LogP contribution in [0, 0.1) is 12.7 Å². The van der Waals surface area contributed by atoms with E-state index in [9.17, 15) is 4.39 Å². The number of nitrogens with one attached hydrogen (secondary N) is 1. The van der Waals surface area contributed by atoms with E-state index in [1.54, 1.807) is 12.3 Å². The topological polar surface area (TPSA) is 24.9 Å². The molecular weight excluding hydrogens is 251 g/mol. The lowest BCUT2D eigenvalue weighted by molar-refractivity contribution is 0.483. The van der Waals surface area contributed by atoms with Crippen LogP contribution < -0.4 is 5.32 Å². The molecule has 2 nitrogen and oxygen atoms in total. The maximum atomic E-state index is 13.9. The molecule has 0 spiro atoms. The Kier molecular flexibility index (Phi) is 5.24. The molecule has 2 rings (SSSR count). The summed E-state index contributed by atoms with van der Waals surface area (Å²) in [6.07, 6.45) is 4.75. The quantitative estimate of drug-likeness (QED) is 0.865. The van der Waals surface area contributed by atoms with Crippen LogP contribution in [-0.2, 0) is 6.42 Å². The van der Waals surface area contributed by atoms with Gasteiger partial charge in [-0.15, -0.1) is 0 Å². The van der Waals surface area contributed by atoms with Gasteiger partial charge in [0.1, 0.15) is 5.82 Å². The third kappa shape index (κ3) is 3.64. The Morgan fingerprint density at radius 1 is 1.25 bits per heavy atom. The largest absolute Gasteiger partial charge is 0.310 e. The van der Waals surface area contributed by atoms with Gasteiger partial charge in [-0.05, 0) is 43.5 Å². The highest BCUT2D eigenvalue weighted by atomic mass is 19.1. The van der Waals surface area contributed by atoms with Gasteiger partial charge in [-0.3, -0.25) is 4.98 Å². The minimum Gasteiger partial charge on any atom is -0.310 e. The number of hydrogen-bond donors (Lipinski definition) is 1.